The van der Waals surface area contributed by atoms with Gasteiger partial charge in [-0.15, -0.1) is 10.2 Å². The monoisotopic (exact) mass is 380 g/mol. The van der Waals surface area contributed by atoms with E-state index in [0.29, 0.717) is 29.7 Å². The number of carbonyl (C=O) groups is 3. The summed E-state index contributed by atoms with van der Waals surface area (Å²) in [4.78, 5) is 34.4. The molecule has 1 unspecified atom stereocenters. The van der Waals surface area contributed by atoms with Gasteiger partial charge < -0.3 is 15.5 Å². The van der Waals surface area contributed by atoms with Crippen LogP contribution < -0.4 is 16.4 Å². The third kappa shape index (κ3) is 5.34. The molecular weight excluding hydrogens is 360 g/mol. The van der Waals surface area contributed by atoms with Gasteiger partial charge in [0.05, 0.1) is 18.1 Å². The van der Waals surface area contributed by atoms with Crippen LogP contribution in [0.4, 0.5) is 4.79 Å². The second-order valence-electron chi connectivity index (χ2n) is 5.36. The zero-order chi connectivity index (χ0) is 19.1. The molecule has 2 heterocycles. The molecule has 2 aromatic heterocycles. The fourth-order valence-electron chi connectivity index (χ4n) is 2.03. The Morgan fingerprint density at radius 1 is 1.38 bits per heavy atom. The van der Waals surface area contributed by atoms with Crippen molar-refractivity contribution in [2.45, 2.75) is 36.7 Å². The first-order valence-corrected chi connectivity index (χ1v) is 8.70. The van der Waals surface area contributed by atoms with Gasteiger partial charge in [0.2, 0.25) is 11.8 Å². The van der Waals surface area contributed by atoms with E-state index >= 15 is 0 Å². The van der Waals surface area contributed by atoms with E-state index in [1.165, 1.54) is 7.05 Å². The van der Waals surface area contributed by atoms with Gasteiger partial charge in [-0.2, -0.15) is 0 Å². The van der Waals surface area contributed by atoms with Gasteiger partial charge in [0.25, 0.3) is 0 Å². The highest BCUT2D eigenvalue weighted by Crippen LogP contribution is 2.24. The highest BCUT2D eigenvalue weighted by molar-refractivity contribution is 8.00. The molecule has 1 atom stereocenters. The van der Waals surface area contributed by atoms with Crippen LogP contribution in [0.5, 0.6) is 0 Å². The van der Waals surface area contributed by atoms with Gasteiger partial charge in [-0.25, -0.2) is 4.79 Å². The fraction of sp³-hybridized carbons (Fsp3) is 0.400. The van der Waals surface area contributed by atoms with Crippen molar-refractivity contribution in [3.63, 3.8) is 0 Å². The summed E-state index contributed by atoms with van der Waals surface area (Å²) < 4.78 is 7.11. The lowest BCUT2D eigenvalue weighted by Crippen LogP contribution is -2.41. The van der Waals surface area contributed by atoms with Crippen LogP contribution in [-0.4, -0.2) is 44.9 Å². The van der Waals surface area contributed by atoms with E-state index in [1.54, 1.807) is 29.9 Å². The minimum Gasteiger partial charge on any atom is -0.467 e. The number of hydrogen-bond donors (Lipinski definition) is 3. The number of thioether (sulfide) groups is 1. The molecule has 0 spiro atoms. The van der Waals surface area contributed by atoms with Gasteiger partial charge in [0.15, 0.2) is 5.16 Å². The first-order chi connectivity index (χ1) is 12.4. The standard InChI is InChI=1S/C15H20N6O4S/c1-9(13(23)18-14(24)17-2)26-15-20-19-12(6-5-11(16)22)21(15)8-10-4-3-7-25-10/h3-4,7,9H,5-6,8H2,1-2H3,(H2,16,22)(H2,17,18,23,24). The summed E-state index contributed by atoms with van der Waals surface area (Å²) in [5.41, 5.74) is 5.20. The Balaban J connectivity index is 2.16. The second-order valence-corrected chi connectivity index (χ2v) is 6.67. The van der Waals surface area contributed by atoms with Gasteiger partial charge in [0.1, 0.15) is 11.6 Å². The van der Waals surface area contributed by atoms with E-state index in [1.807, 2.05) is 0 Å². The largest absolute Gasteiger partial charge is 0.467 e. The van der Waals surface area contributed by atoms with E-state index < -0.39 is 23.1 Å². The predicted molar refractivity (Wildman–Crippen MR) is 93.3 cm³/mol. The zero-order valence-corrected chi connectivity index (χ0v) is 15.2. The van der Waals surface area contributed by atoms with Crippen LogP contribution in [0.15, 0.2) is 28.0 Å². The molecule has 0 fully saturated rings. The molecule has 11 heteroatoms. The van der Waals surface area contributed by atoms with Crippen molar-refractivity contribution in [1.82, 2.24) is 25.4 Å². The average molecular weight is 380 g/mol. The predicted octanol–water partition coefficient (Wildman–Crippen LogP) is 0.274. The quantitative estimate of drug-likeness (QED) is 0.557. The maximum Gasteiger partial charge on any atom is 0.321 e. The number of urea groups is 1. The molecular formula is C15H20N6O4S. The van der Waals surface area contributed by atoms with Crippen LogP contribution in [0.25, 0.3) is 0 Å². The molecule has 0 aliphatic heterocycles. The number of rotatable bonds is 8. The number of hydrogen-bond acceptors (Lipinski definition) is 7. The van der Waals surface area contributed by atoms with Crippen LogP contribution in [0.2, 0.25) is 0 Å². The maximum atomic E-state index is 12.0. The summed E-state index contributed by atoms with van der Waals surface area (Å²) in [6.45, 7) is 2.00. The highest BCUT2D eigenvalue weighted by Gasteiger charge is 2.22. The fourth-order valence-corrected chi connectivity index (χ4v) is 2.90. The zero-order valence-electron chi connectivity index (χ0n) is 14.4. The van der Waals surface area contributed by atoms with Crippen molar-refractivity contribution < 1.29 is 18.8 Å². The minimum absolute atomic E-state index is 0.133. The van der Waals surface area contributed by atoms with Crippen LogP contribution in [-0.2, 0) is 22.6 Å². The van der Waals surface area contributed by atoms with E-state index in [9.17, 15) is 14.4 Å². The number of amides is 4. The van der Waals surface area contributed by atoms with Crippen LogP contribution in [0.1, 0.15) is 24.9 Å². The Labute approximate surface area is 153 Å². The van der Waals surface area contributed by atoms with Crippen molar-refractivity contribution in [2.24, 2.45) is 5.73 Å². The Kier molecular flexibility index (Phi) is 6.78. The topological polar surface area (TPSA) is 145 Å². The summed E-state index contributed by atoms with van der Waals surface area (Å²) in [5.74, 6) is 0.335. The lowest BCUT2D eigenvalue weighted by Gasteiger charge is -2.12. The van der Waals surface area contributed by atoms with E-state index in [2.05, 4.69) is 20.8 Å². The van der Waals surface area contributed by atoms with Crippen molar-refractivity contribution >= 4 is 29.6 Å². The number of nitrogens with two attached hydrogens (primary N) is 1. The lowest BCUT2D eigenvalue weighted by atomic mass is 10.3. The third-order valence-corrected chi connectivity index (χ3v) is 4.48. The Bertz CT molecular complexity index is 773. The van der Waals surface area contributed by atoms with E-state index in [4.69, 9.17) is 10.2 Å². The number of carbonyl (C=O) groups excluding carboxylic acids is 3. The van der Waals surface area contributed by atoms with Gasteiger partial charge >= 0.3 is 6.03 Å². The number of primary amides is 1. The number of aryl methyl sites for hydroxylation is 1. The van der Waals surface area contributed by atoms with Gasteiger partial charge in [-0.05, 0) is 19.1 Å². The molecule has 0 aromatic carbocycles. The van der Waals surface area contributed by atoms with Crippen LogP contribution >= 0.6 is 11.8 Å². The molecule has 0 saturated carbocycles. The summed E-state index contributed by atoms with van der Waals surface area (Å²) in [6.07, 6.45) is 2.01. The SMILES string of the molecule is CNC(=O)NC(=O)C(C)Sc1nnc(CCC(N)=O)n1Cc1ccco1. The molecule has 140 valence electrons. The normalized spacial score (nSPS) is 11.8. The Morgan fingerprint density at radius 3 is 2.77 bits per heavy atom. The molecule has 0 bridgehead atoms. The molecule has 4 amide bonds. The molecule has 0 saturated heterocycles. The van der Waals surface area contributed by atoms with Crippen LogP contribution in [0.3, 0.4) is 0 Å². The number of aromatic nitrogens is 3. The van der Waals surface area contributed by atoms with Crippen LogP contribution in [0, 0.1) is 0 Å². The van der Waals surface area contributed by atoms with Gasteiger partial charge in [0, 0.05) is 19.9 Å². The molecule has 0 radical (unpaired) electrons. The van der Waals surface area contributed by atoms with E-state index in [0.717, 1.165) is 11.8 Å². The van der Waals surface area contributed by atoms with Crippen molar-refractivity contribution in [2.75, 3.05) is 7.05 Å². The molecule has 10 nitrogen and oxygen atoms in total. The summed E-state index contributed by atoms with van der Waals surface area (Å²) >= 11 is 1.15. The van der Waals surface area contributed by atoms with Crippen molar-refractivity contribution in [3.8, 4) is 0 Å². The molecule has 0 aliphatic carbocycles. The molecule has 0 aliphatic rings. The van der Waals surface area contributed by atoms with Gasteiger partial charge in [-0.3, -0.25) is 19.5 Å². The van der Waals surface area contributed by atoms with E-state index in [-0.39, 0.29) is 6.42 Å². The molecule has 4 N–H and O–H groups in total. The number of furan rings is 1. The maximum absolute atomic E-state index is 12.0. The summed E-state index contributed by atoms with van der Waals surface area (Å²) in [7, 11) is 1.42. The summed E-state index contributed by atoms with van der Waals surface area (Å²) in [5, 5.41) is 12.6. The molecule has 2 aromatic rings. The number of imide groups is 1. The first-order valence-electron chi connectivity index (χ1n) is 7.82. The number of nitrogens with one attached hydrogen (secondary N) is 2. The second kappa shape index (κ2) is 9.04. The Hall–Kier alpha value is -2.82. The molecule has 2 rings (SSSR count). The molecule has 26 heavy (non-hydrogen) atoms. The lowest BCUT2D eigenvalue weighted by molar-refractivity contribution is -0.119. The first kappa shape index (κ1) is 19.5. The smallest absolute Gasteiger partial charge is 0.321 e. The van der Waals surface area contributed by atoms with Crippen molar-refractivity contribution in [3.05, 3.63) is 30.0 Å². The van der Waals surface area contributed by atoms with Gasteiger partial charge in [-0.1, -0.05) is 11.8 Å². The minimum atomic E-state index is -0.587. The number of nitrogens with zero attached hydrogens (tertiary/aromatic N) is 3. The Morgan fingerprint density at radius 2 is 2.15 bits per heavy atom. The average Bonchev–Trinajstić information content (AvgIpc) is 3.24. The summed E-state index contributed by atoms with van der Waals surface area (Å²) in [6, 6.07) is 2.98. The third-order valence-electron chi connectivity index (χ3n) is 3.40. The highest BCUT2D eigenvalue weighted by atomic mass is 32.2. The van der Waals surface area contributed by atoms with Crippen molar-refractivity contribution in [1.29, 1.82) is 0 Å².